The van der Waals surface area contributed by atoms with E-state index >= 15 is 0 Å². The fourth-order valence-corrected chi connectivity index (χ4v) is 1.91. The maximum Gasteiger partial charge on any atom is 0.275 e. The summed E-state index contributed by atoms with van der Waals surface area (Å²) in [6.45, 7) is 1.94. The van der Waals surface area contributed by atoms with Crippen molar-refractivity contribution in [2.24, 2.45) is 0 Å². The van der Waals surface area contributed by atoms with Gasteiger partial charge in [0.1, 0.15) is 5.69 Å². The lowest BCUT2D eigenvalue weighted by molar-refractivity contribution is 0.102. The molecule has 1 amide bonds. The first-order valence-electron chi connectivity index (χ1n) is 5.82. The van der Waals surface area contributed by atoms with Crippen molar-refractivity contribution >= 4 is 23.2 Å². The molecule has 1 aromatic heterocycles. The van der Waals surface area contributed by atoms with Crippen LogP contribution in [0.4, 0.5) is 5.69 Å². The molecule has 1 aliphatic heterocycles. The first-order chi connectivity index (χ1) is 9.63. The molecule has 0 aliphatic carbocycles. The highest BCUT2D eigenvalue weighted by molar-refractivity contribution is 6.34. The topological polar surface area (TPSA) is 73.3 Å². The molecular formula is C13H10ClN3O3. The van der Waals surface area contributed by atoms with Crippen LogP contribution in [0, 0.1) is 6.92 Å². The zero-order valence-electron chi connectivity index (χ0n) is 10.5. The zero-order valence-corrected chi connectivity index (χ0v) is 11.3. The lowest BCUT2D eigenvalue weighted by Gasteiger charge is -2.08. The van der Waals surface area contributed by atoms with Gasteiger partial charge >= 0.3 is 0 Å². The summed E-state index contributed by atoms with van der Waals surface area (Å²) in [7, 11) is 0. The first-order valence-corrected chi connectivity index (χ1v) is 6.20. The van der Waals surface area contributed by atoms with E-state index in [2.05, 4.69) is 15.3 Å². The van der Waals surface area contributed by atoms with Crippen molar-refractivity contribution in [3.8, 4) is 11.5 Å². The van der Waals surface area contributed by atoms with Crippen LogP contribution in [-0.4, -0.2) is 22.7 Å². The van der Waals surface area contributed by atoms with Gasteiger partial charge < -0.3 is 14.8 Å². The molecular weight excluding hydrogens is 282 g/mol. The van der Waals surface area contributed by atoms with E-state index < -0.39 is 5.91 Å². The molecule has 102 valence electrons. The largest absolute Gasteiger partial charge is 0.454 e. The van der Waals surface area contributed by atoms with Crippen LogP contribution in [0.1, 0.15) is 16.2 Å². The number of hydrogen-bond acceptors (Lipinski definition) is 5. The van der Waals surface area contributed by atoms with Crippen LogP contribution in [0.2, 0.25) is 5.02 Å². The van der Waals surface area contributed by atoms with E-state index in [1.807, 2.05) is 0 Å². The van der Waals surface area contributed by atoms with Crippen LogP contribution in [0.25, 0.3) is 0 Å². The summed E-state index contributed by atoms with van der Waals surface area (Å²) in [5.74, 6) is 0.709. The van der Waals surface area contributed by atoms with Crippen LogP contribution >= 0.6 is 11.6 Å². The Morgan fingerprint density at radius 1 is 1.25 bits per heavy atom. The van der Waals surface area contributed by atoms with E-state index in [4.69, 9.17) is 21.1 Å². The highest BCUT2D eigenvalue weighted by Gasteiger charge is 2.18. The normalized spacial score (nSPS) is 12.3. The highest BCUT2D eigenvalue weighted by Crippen LogP contribution is 2.39. The molecule has 1 aromatic carbocycles. The smallest absolute Gasteiger partial charge is 0.275 e. The van der Waals surface area contributed by atoms with Gasteiger partial charge in [-0.15, -0.1) is 0 Å². The number of aromatic nitrogens is 2. The molecule has 7 heteroatoms. The second-order valence-electron chi connectivity index (χ2n) is 4.18. The third kappa shape index (κ3) is 2.37. The Morgan fingerprint density at radius 2 is 2.00 bits per heavy atom. The summed E-state index contributed by atoms with van der Waals surface area (Å²) in [6, 6.07) is 3.21. The van der Waals surface area contributed by atoms with Gasteiger partial charge in [0, 0.05) is 18.3 Å². The minimum Gasteiger partial charge on any atom is -0.454 e. The standard InChI is InChI=1S/C13H10ClN3O3/c1-7-4-16-10(5-15-7)13(18)17-9-3-12-11(2-8(9)14)19-6-20-12/h2-5H,6H2,1H3,(H,17,18). The van der Waals surface area contributed by atoms with Crippen LogP contribution in [0.3, 0.4) is 0 Å². The Labute approximate surface area is 119 Å². The van der Waals surface area contributed by atoms with Gasteiger partial charge in [-0.05, 0) is 6.92 Å². The summed E-state index contributed by atoms with van der Waals surface area (Å²) < 4.78 is 10.4. The Morgan fingerprint density at radius 3 is 2.70 bits per heavy atom. The molecule has 1 aliphatic rings. The quantitative estimate of drug-likeness (QED) is 0.920. The van der Waals surface area contributed by atoms with Crippen molar-refractivity contribution in [3.63, 3.8) is 0 Å². The zero-order chi connectivity index (χ0) is 14.1. The lowest BCUT2D eigenvalue weighted by atomic mass is 10.2. The highest BCUT2D eigenvalue weighted by atomic mass is 35.5. The van der Waals surface area contributed by atoms with Crippen molar-refractivity contribution in [1.82, 2.24) is 9.97 Å². The minimum atomic E-state index is -0.390. The van der Waals surface area contributed by atoms with E-state index in [9.17, 15) is 4.79 Å². The molecule has 3 rings (SSSR count). The van der Waals surface area contributed by atoms with E-state index in [-0.39, 0.29) is 12.5 Å². The molecule has 6 nitrogen and oxygen atoms in total. The number of fused-ring (bicyclic) bond motifs is 1. The second-order valence-corrected chi connectivity index (χ2v) is 4.59. The Hall–Kier alpha value is -2.34. The van der Waals surface area contributed by atoms with Gasteiger partial charge in [-0.3, -0.25) is 9.78 Å². The van der Waals surface area contributed by atoms with E-state index in [1.165, 1.54) is 12.4 Å². The molecule has 0 saturated heterocycles. The number of benzene rings is 1. The molecule has 20 heavy (non-hydrogen) atoms. The molecule has 2 aromatic rings. The first kappa shape index (κ1) is 12.7. The number of anilines is 1. The maximum atomic E-state index is 12.0. The summed E-state index contributed by atoms with van der Waals surface area (Å²) in [5.41, 5.74) is 1.38. The number of halogens is 1. The maximum absolute atomic E-state index is 12.0. The van der Waals surface area contributed by atoms with Gasteiger partial charge in [0.05, 0.1) is 22.6 Å². The SMILES string of the molecule is Cc1cnc(C(=O)Nc2cc3c(cc2Cl)OCO3)cn1. The summed E-state index contributed by atoms with van der Waals surface area (Å²) in [4.78, 5) is 20.1. The lowest BCUT2D eigenvalue weighted by Crippen LogP contribution is -2.14. The predicted octanol–water partition coefficient (Wildman–Crippen LogP) is 2.42. The van der Waals surface area contributed by atoms with Crippen LogP contribution in [0.15, 0.2) is 24.5 Å². The fraction of sp³-hybridized carbons (Fsp3) is 0.154. The molecule has 0 bridgehead atoms. The fourth-order valence-electron chi connectivity index (χ4n) is 1.71. The summed E-state index contributed by atoms with van der Waals surface area (Å²) >= 11 is 6.08. The van der Waals surface area contributed by atoms with Crippen molar-refractivity contribution < 1.29 is 14.3 Å². The van der Waals surface area contributed by atoms with Gasteiger partial charge in [-0.1, -0.05) is 11.6 Å². The Bertz CT molecular complexity index is 673. The number of amides is 1. The molecule has 0 spiro atoms. The predicted molar refractivity (Wildman–Crippen MR) is 72.3 cm³/mol. The minimum absolute atomic E-state index is 0.145. The van der Waals surface area contributed by atoms with Crippen molar-refractivity contribution in [3.05, 3.63) is 40.9 Å². The summed E-state index contributed by atoms with van der Waals surface area (Å²) in [5, 5.41) is 3.03. The monoisotopic (exact) mass is 291 g/mol. The summed E-state index contributed by atoms with van der Waals surface area (Å²) in [6.07, 6.45) is 2.93. The molecule has 0 fully saturated rings. The Balaban J connectivity index is 1.84. The Kier molecular flexibility index (Phi) is 3.15. The van der Waals surface area contributed by atoms with Crippen LogP contribution < -0.4 is 14.8 Å². The third-order valence-electron chi connectivity index (χ3n) is 2.72. The number of nitrogens with zero attached hydrogens (tertiary/aromatic N) is 2. The number of hydrogen-bond donors (Lipinski definition) is 1. The van der Waals surface area contributed by atoms with Gasteiger partial charge in [0.25, 0.3) is 5.91 Å². The number of carbonyl (C=O) groups excluding carboxylic acids is 1. The molecule has 0 radical (unpaired) electrons. The van der Waals surface area contributed by atoms with Crippen LogP contribution in [-0.2, 0) is 0 Å². The van der Waals surface area contributed by atoms with Gasteiger partial charge in [-0.25, -0.2) is 4.98 Å². The number of rotatable bonds is 2. The molecule has 0 saturated carbocycles. The van der Waals surface area contributed by atoms with E-state index in [1.54, 1.807) is 19.1 Å². The van der Waals surface area contributed by atoms with Gasteiger partial charge in [-0.2, -0.15) is 0 Å². The van der Waals surface area contributed by atoms with E-state index in [0.717, 1.165) is 5.69 Å². The second kappa shape index (κ2) is 4.97. The van der Waals surface area contributed by atoms with Gasteiger partial charge in [0.2, 0.25) is 6.79 Å². The average molecular weight is 292 g/mol. The molecule has 0 unspecified atom stereocenters. The average Bonchev–Trinajstić information content (AvgIpc) is 2.87. The van der Waals surface area contributed by atoms with Gasteiger partial charge in [0.15, 0.2) is 11.5 Å². The number of ether oxygens (including phenoxy) is 2. The van der Waals surface area contributed by atoms with Crippen molar-refractivity contribution in [2.45, 2.75) is 6.92 Å². The third-order valence-corrected chi connectivity index (χ3v) is 3.04. The number of aryl methyl sites for hydroxylation is 1. The molecule has 2 heterocycles. The van der Waals surface area contributed by atoms with Crippen LogP contribution in [0.5, 0.6) is 11.5 Å². The number of carbonyl (C=O) groups is 1. The van der Waals surface area contributed by atoms with Crippen molar-refractivity contribution in [1.29, 1.82) is 0 Å². The number of nitrogens with one attached hydrogen (secondary N) is 1. The molecule has 0 atom stereocenters. The molecule has 1 N–H and O–H groups in total. The van der Waals surface area contributed by atoms with E-state index in [0.29, 0.717) is 22.2 Å². The van der Waals surface area contributed by atoms with Crippen molar-refractivity contribution in [2.75, 3.05) is 12.1 Å².